The van der Waals surface area contributed by atoms with Crippen LogP contribution in [-0.4, -0.2) is 30.4 Å². The molecule has 0 radical (unpaired) electrons. The zero-order chi connectivity index (χ0) is 10.9. The molecule has 1 aliphatic carbocycles. The number of piperidine rings is 1. The van der Waals surface area contributed by atoms with E-state index < -0.39 is 0 Å². The molecule has 1 saturated carbocycles. The summed E-state index contributed by atoms with van der Waals surface area (Å²) in [5.74, 6) is 0.492. The maximum Gasteiger partial charge on any atom is 0.223 e. The fourth-order valence-electron chi connectivity index (χ4n) is 2.05. The predicted octanol–water partition coefficient (Wildman–Crippen LogP) is 1.28. The zero-order valence-corrected chi connectivity index (χ0v) is 10.8. The van der Waals surface area contributed by atoms with Crippen molar-refractivity contribution < 1.29 is 4.79 Å². The molecular formula is C11H19BrN2O. The second-order valence-electron chi connectivity index (χ2n) is 5.07. The maximum absolute atomic E-state index is 11.8. The van der Waals surface area contributed by atoms with E-state index in [9.17, 15) is 4.79 Å². The van der Waals surface area contributed by atoms with Crippen molar-refractivity contribution >= 4 is 21.8 Å². The summed E-state index contributed by atoms with van der Waals surface area (Å²) in [6, 6.07) is 0. The van der Waals surface area contributed by atoms with Crippen molar-refractivity contribution in [3.05, 3.63) is 0 Å². The summed E-state index contributed by atoms with van der Waals surface area (Å²) in [6.45, 7) is 5.01. The molecule has 0 spiro atoms. The summed E-state index contributed by atoms with van der Waals surface area (Å²) < 4.78 is 0. The first-order valence-electron chi connectivity index (χ1n) is 5.74. The molecule has 0 aromatic rings. The average molecular weight is 275 g/mol. The molecule has 2 rings (SSSR count). The van der Waals surface area contributed by atoms with Gasteiger partial charge >= 0.3 is 0 Å². The minimum Gasteiger partial charge on any atom is -0.355 e. The molecule has 15 heavy (non-hydrogen) atoms. The predicted molar refractivity (Wildman–Crippen MR) is 64.0 cm³/mol. The van der Waals surface area contributed by atoms with Gasteiger partial charge in [0.05, 0.1) is 0 Å². The van der Waals surface area contributed by atoms with Crippen molar-refractivity contribution in [3.8, 4) is 0 Å². The highest BCUT2D eigenvalue weighted by molar-refractivity contribution is 9.09. The van der Waals surface area contributed by atoms with Crippen LogP contribution in [0.25, 0.3) is 0 Å². The molecule has 0 aromatic heterocycles. The van der Waals surface area contributed by atoms with Crippen molar-refractivity contribution in [1.29, 1.82) is 0 Å². The number of rotatable bonds is 3. The Kier molecular flexibility index (Phi) is 3.36. The number of hydrogen-bond donors (Lipinski definition) is 2. The SMILES string of the molecule is CC1(CNC(=O)C2CCNCC2)CC1Br. The van der Waals surface area contributed by atoms with E-state index in [2.05, 4.69) is 33.5 Å². The van der Waals surface area contributed by atoms with Gasteiger partial charge in [-0.25, -0.2) is 0 Å². The van der Waals surface area contributed by atoms with Crippen LogP contribution in [0.2, 0.25) is 0 Å². The first-order chi connectivity index (χ1) is 7.12. The standard InChI is InChI=1S/C11H19BrN2O/c1-11(6-9(11)12)7-14-10(15)8-2-4-13-5-3-8/h8-9,13H,2-7H2,1H3,(H,14,15). The topological polar surface area (TPSA) is 41.1 Å². The summed E-state index contributed by atoms with van der Waals surface area (Å²) in [4.78, 5) is 12.4. The van der Waals surface area contributed by atoms with Gasteiger partial charge in [-0.1, -0.05) is 22.9 Å². The van der Waals surface area contributed by atoms with Crippen LogP contribution < -0.4 is 10.6 Å². The van der Waals surface area contributed by atoms with Crippen LogP contribution in [-0.2, 0) is 4.79 Å². The maximum atomic E-state index is 11.8. The Labute approximate surface area is 99.5 Å². The van der Waals surface area contributed by atoms with Crippen LogP contribution in [0, 0.1) is 11.3 Å². The minimum absolute atomic E-state index is 0.238. The fourth-order valence-corrected chi connectivity index (χ4v) is 2.95. The highest BCUT2D eigenvalue weighted by Gasteiger charge is 2.48. The number of nitrogens with one attached hydrogen (secondary N) is 2. The third kappa shape index (κ3) is 2.72. The van der Waals surface area contributed by atoms with Crippen molar-refractivity contribution in [2.75, 3.05) is 19.6 Å². The third-order valence-corrected chi connectivity index (χ3v) is 5.05. The Morgan fingerprint density at radius 1 is 1.53 bits per heavy atom. The van der Waals surface area contributed by atoms with Crippen LogP contribution in [0.15, 0.2) is 0 Å². The number of amides is 1. The monoisotopic (exact) mass is 274 g/mol. The quantitative estimate of drug-likeness (QED) is 0.762. The molecule has 4 heteroatoms. The summed E-state index contributed by atoms with van der Waals surface area (Å²) >= 11 is 3.59. The Morgan fingerprint density at radius 2 is 2.13 bits per heavy atom. The van der Waals surface area contributed by atoms with E-state index in [0.29, 0.717) is 10.2 Å². The second-order valence-corrected chi connectivity index (χ2v) is 6.17. The molecule has 1 amide bonds. The van der Waals surface area contributed by atoms with E-state index in [1.165, 1.54) is 6.42 Å². The minimum atomic E-state index is 0.238. The molecule has 2 unspecified atom stereocenters. The smallest absolute Gasteiger partial charge is 0.223 e. The van der Waals surface area contributed by atoms with Gasteiger partial charge < -0.3 is 10.6 Å². The molecular weight excluding hydrogens is 256 g/mol. The summed E-state index contributed by atoms with van der Waals surface area (Å²) in [5, 5.41) is 6.36. The van der Waals surface area contributed by atoms with Gasteiger partial charge in [0.25, 0.3) is 0 Å². The Balaban J connectivity index is 1.72. The molecule has 1 saturated heterocycles. The molecule has 2 N–H and O–H groups in total. The Morgan fingerprint density at radius 3 is 2.67 bits per heavy atom. The van der Waals surface area contributed by atoms with Crippen molar-refractivity contribution in [3.63, 3.8) is 0 Å². The van der Waals surface area contributed by atoms with Crippen molar-refractivity contribution in [2.24, 2.45) is 11.3 Å². The van der Waals surface area contributed by atoms with Gasteiger partial charge in [0, 0.05) is 17.3 Å². The first kappa shape index (κ1) is 11.4. The molecule has 2 aliphatic rings. The molecule has 86 valence electrons. The van der Waals surface area contributed by atoms with Gasteiger partial charge in [0.1, 0.15) is 0 Å². The molecule has 0 aromatic carbocycles. The van der Waals surface area contributed by atoms with Crippen LogP contribution in [0.4, 0.5) is 0 Å². The Bertz CT molecular complexity index is 253. The van der Waals surface area contributed by atoms with Gasteiger partial charge in [-0.3, -0.25) is 4.79 Å². The van der Waals surface area contributed by atoms with E-state index in [1.54, 1.807) is 0 Å². The highest BCUT2D eigenvalue weighted by Crippen LogP contribution is 2.50. The van der Waals surface area contributed by atoms with Crippen LogP contribution in [0.5, 0.6) is 0 Å². The zero-order valence-electron chi connectivity index (χ0n) is 9.18. The lowest BCUT2D eigenvalue weighted by Gasteiger charge is -2.22. The molecule has 1 aliphatic heterocycles. The number of halogens is 1. The Hall–Kier alpha value is -0.0900. The number of carbonyl (C=O) groups excluding carboxylic acids is 1. The molecule has 2 fully saturated rings. The summed E-state index contributed by atoms with van der Waals surface area (Å²) in [5.41, 5.74) is 0.308. The number of carbonyl (C=O) groups is 1. The van der Waals surface area contributed by atoms with E-state index in [-0.39, 0.29) is 11.8 Å². The normalized spacial score (nSPS) is 36.3. The van der Waals surface area contributed by atoms with Crippen LogP contribution in [0.1, 0.15) is 26.2 Å². The van der Waals surface area contributed by atoms with Crippen LogP contribution in [0.3, 0.4) is 0 Å². The summed E-state index contributed by atoms with van der Waals surface area (Å²) in [7, 11) is 0. The molecule has 2 atom stereocenters. The van der Waals surface area contributed by atoms with E-state index >= 15 is 0 Å². The van der Waals surface area contributed by atoms with Crippen molar-refractivity contribution in [2.45, 2.75) is 31.0 Å². The second kappa shape index (κ2) is 4.42. The molecule has 3 nitrogen and oxygen atoms in total. The molecule has 1 heterocycles. The van der Waals surface area contributed by atoms with Crippen LogP contribution >= 0.6 is 15.9 Å². The van der Waals surface area contributed by atoms with E-state index in [0.717, 1.165) is 32.5 Å². The lowest BCUT2D eigenvalue weighted by molar-refractivity contribution is -0.125. The number of hydrogen-bond acceptors (Lipinski definition) is 2. The average Bonchev–Trinajstić information content (AvgIpc) is 2.85. The molecule has 0 bridgehead atoms. The van der Waals surface area contributed by atoms with Gasteiger partial charge in [0.15, 0.2) is 0 Å². The number of alkyl halides is 1. The lowest BCUT2D eigenvalue weighted by Crippen LogP contribution is -2.40. The van der Waals surface area contributed by atoms with Gasteiger partial charge in [-0.05, 0) is 37.8 Å². The largest absolute Gasteiger partial charge is 0.355 e. The third-order valence-electron chi connectivity index (χ3n) is 3.62. The van der Waals surface area contributed by atoms with Gasteiger partial charge in [-0.15, -0.1) is 0 Å². The van der Waals surface area contributed by atoms with Gasteiger partial charge in [-0.2, -0.15) is 0 Å². The summed E-state index contributed by atoms with van der Waals surface area (Å²) in [6.07, 6.45) is 3.15. The van der Waals surface area contributed by atoms with E-state index in [4.69, 9.17) is 0 Å². The van der Waals surface area contributed by atoms with Gasteiger partial charge in [0.2, 0.25) is 5.91 Å². The highest BCUT2D eigenvalue weighted by atomic mass is 79.9. The lowest BCUT2D eigenvalue weighted by atomic mass is 9.97. The van der Waals surface area contributed by atoms with Crippen molar-refractivity contribution in [1.82, 2.24) is 10.6 Å². The first-order valence-corrected chi connectivity index (χ1v) is 6.66. The fraction of sp³-hybridized carbons (Fsp3) is 0.909. The van der Waals surface area contributed by atoms with E-state index in [1.807, 2.05) is 0 Å².